The van der Waals surface area contributed by atoms with E-state index in [0.29, 0.717) is 26.3 Å². The minimum absolute atomic E-state index is 0.160. The number of likely N-dealkylation sites (N-methyl/N-ethyl adjacent to an activating group) is 1. The summed E-state index contributed by atoms with van der Waals surface area (Å²) in [6.07, 6.45) is 0.312. The number of hydrogen-bond acceptors (Lipinski definition) is 3. The first-order chi connectivity index (χ1) is 7.07. The highest BCUT2D eigenvalue weighted by Crippen LogP contribution is 1.89. The summed E-state index contributed by atoms with van der Waals surface area (Å²) in [5.74, 6) is 0. The van der Waals surface area contributed by atoms with Gasteiger partial charge >= 0.3 is 6.03 Å². The Kier molecular flexibility index (Phi) is 8.04. The summed E-state index contributed by atoms with van der Waals surface area (Å²) < 4.78 is 5.14. The SMILES string of the molecule is CCOCCCNC(=O)N(C)CC(C)O. The molecule has 0 aromatic heterocycles. The van der Waals surface area contributed by atoms with Gasteiger partial charge in [0.2, 0.25) is 0 Å². The van der Waals surface area contributed by atoms with Gasteiger partial charge in [-0.3, -0.25) is 0 Å². The summed E-state index contributed by atoms with van der Waals surface area (Å²) in [4.78, 5) is 12.8. The van der Waals surface area contributed by atoms with Crippen molar-refractivity contribution < 1.29 is 14.6 Å². The number of ether oxygens (including phenoxy) is 1. The molecule has 5 heteroatoms. The maximum atomic E-state index is 11.4. The molecule has 0 aromatic rings. The van der Waals surface area contributed by atoms with Crippen LogP contribution in [0.4, 0.5) is 4.79 Å². The molecule has 0 aromatic carbocycles. The number of carbonyl (C=O) groups excluding carboxylic acids is 1. The van der Waals surface area contributed by atoms with E-state index in [1.54, 1.807) is 14.0 Å². The molecular weight excluding hydrogens is 196 g/mol. The van der Waals surface area contributed by atoms with Gasteiger partial charge < -0.3 is 20.1 Å². The fourth-order valence-corrected chi connectivity index (χ4v) is 1.13. The highest BCUT2D eigenvalue weighted by molar-refractivity contribution is 5.73. The van der Waals surface area contributed by atoms with E-state index >= 15 is 0 Å². The molecule has 90 valence electrons. The average Bonchev–Trinajstić information content (AvgIpc) is 2.16. The lowest BCUT2D eigenvalue weighted by atomic mass is 10.4. The molecule has 0 aliphatic carbocycles. The Morgan fingerprint density at radius 1 is 1.60 bits per heavy atom. The van der Waals surface area contributed by atoms with Crippen LogP contribution in [0.2, 0.25) is 0 Å². The standard InChI is InChI=1S/C10H22N2O3/c1-4-15-7-5-6-11-10(14)12(3)8-9(2)13/h9,13H,4-8H2,1-3H3,(H,11,14). The Hall–Kier alpha value is -0.810. The second-order valence-corrected chi connectivity index (χ2v) is 3.51. The summed E-state index contributed by atoms with van der Waals surface area (Å²) in [6, 6.07) is -0.160. The van der Waals surface area contributed by atoms with Crippen LogP contribution in [0.3, 0.4) is 0 Å². The van der Waals surface area contributed by atoms with E-state index in [1.165, 1.54) is 4.90 Å². The normalized spacial score (nSPS) is 12.3. The van der Waals surface area contributed by atoms with E-state index in [1.807, 2.05) is 6.92 Å². The molecule has 1 unspecified atom stereocenters. The van der Waals surface area contributed by atoms with Crippen molar-refractivity contribution in [1.82, 2.24) is 10.2 Å². The van der Waals surface area contributed by atoms with Crippen LogP contribution in [0.5, 0.6) is 0 Å². The van der Waals surface area contributed by atoms with Gasteiger partial charge in [-0.25, -0.2) is 4.79 Å². The van der Waals surface area contributed by atoms with E-state index in [0.717, 1.165) is 6.42 Å². The third-order valence-electron chi connectivity index (χ3n) is 1.83. The van der Waals surface area contributed by atoms with Crippen LogP contribution < -0.4 is 5.32 Å². The van der Waals surface area contributed by atoms with Gasteiger partial charge in [-0.2, -0.15) is 0 Å². The van der Waals surface area contributed by atoms with Crippen LogP contribution in [0.1, 0.15) is 20.3 Å². The first-order valence-corrected chi connectivity index (χ1v) is 5.32. The van der Waals surface area contributed by atoms with Crippen molar-refractivity contribution in [2.75, 3.05) is 33.4 Å². The maximum absolute atomic E-state index is 11.4. The van der Waals surface area contributed by atoms with Gasteiger partial charge in [0.05, 0.1) is 6.10 Å². The van der Waals surface area contributed by atoms with Gasteiger partial charge in [0.15, 0.2) is 0 Å². The third kappa shape index (κ3) is 8.20. The summed E-state index contributed by atoms with van der Waals surface area (Å²) in [6.45, 7) is 5.90. The number of carbonyl (C=O) groups is 1. The molecule has 2 amide bonds. The summed E-state index contributed by atoms with van der Waals surface area (Å²) in [7, 11) is 1.66. The highest BCUT2D eigenvalue weighted by Gasteiger charge is 2.09. The van der Waals surface area contributed by atoms with Crippen LogP contribution in [0.25, 0.3) is 0 Å². The minimum atomic E-state index is -0.496. The van der Waals surface area contributed by atoms with Crippen LogP contribution in [0.15, 0.2) is 0 Å². The average molecular weight is 218 g/mol. The topological polar surface area (TPSA) is 61.8 Å². The maximum Gasteiger partial charge on any atom is 0.317 e. The molecule has 0 aliphatic rings. The van der Waals surface area contributed by atoms with E-state index < -0.39 is 6.10 Å². The van der Waals surface area contributed by atoms with Gasteiger partial charge in [0, 0.05) is 33.4 Å². The predicted molar refractivity (Wildman–Crippen MR) is 58.8 cm³/mol. The number of hydrogen-bond donors (Lipinski definition) is 2. The molecular formula is C10H22N2O3. The number of aliphatic hydroxyl groups excluding tert-OH is 1. The molecule has 0 radical (unpaired) electrons. The number of nitrogens with one attached hydrogen (secondary N) is 1. The summed E-state index contributed by atoms with van der Waals surface area (Å²) in [5, 5.41) is 11.8. The fourth-order valence-electron chi connectivity index (χ4n) is 1.13. The second-order valence-electron chi connectivity index (χ2n) is 3.51. The van der Waals surface area contributed by atoms with Gasteiger partial charge in [-0.1, -0.05) is 0 Å². The molecule has 0 fully saturated rings. The van der Waals surface area contributed by atoms with Gasteiger partial charge in [-0.05, 0) is 20.3 Å². The van der Waals surface area contributed by atoms with Crippen molar-refractivity contribution >= 4 is 6.03 Å². The molecule has 0 bridgehead atoms. The van der Waals surface area contributed by atoms with E-state index in [4.69, 9.17) is 9.84 Å². The number of aliphatic hydroxyl groups is 1. The van der Waals surface area contributed by atoms with E-state index in [9.17, 15) is 4.79 Å². The first-order valence-electron chi connectivity index (χ1n) is 5.32. The number of rotatable bonds is 7. The Morgan fingerprint density at radius 2 is 2.27 bits per heavy atom. The fraction of sp³-hybridized carbons (Fsp3) is 0.900. The Labute approximate surface area is 91.4 Å². The number of amides is 2. The van der Waals surface area contributed by atoms with Crippen LogP contribution >= 0.6 is 0 Å². The largest absolute Gasteiger partial charge is 0.392 e. The van der Waals surface area contributed by atoms with Gasteiger partial charge in [-0.15, -0.1) is 0 Å². The van der Waals surface area contributed by atoms with Crippen molar-refractivity contribution in [3.8, 4) is 0 Å². The Balaban J connectivity index is 3.47. The third-order valence-corrected chi connectivity index (χ3v) is 1.83. The predicted octanol–water partition coefficient (Wildman–Crippen LogP) is 0.435. The van der Waals surface area contributed by atoms with Crippen molar-refractivity contribution in [2.45, 2.75) is 26.4 Å². The number of urea groups is 1. The molecule has 0 spiro atoms. The van der Waals surface area contributed by atoms with E-state index in [2.05, 4.69) is 5.32 Å². The highest BCUT2D eigenvalue weighted by atomic mass is 16.5. The molecule has 5 nitrogen and oxygen atoms in total. The monoisotopic (exact) mass is 218 g/mol. The second kappa shape index (κ2) is 8.49. The van der Waals surface area contributed by atoms with Gasteiger partial charge in [0.1, 0.15) is 0 Å². The Bertz CT molecular complexity index is 174. The Morgan fingerprint density at radius 3 is 2.80 bits per heavy atom. The lowest BCUT2D eigenvalue weighted by molar-refractivity contribution is 0.137. The molecule has 0 aliphatic heterocycles. The molecule has 0 rings (SSSR count). The lowest BCUT2D eigenvalue weighted by Crippen LogP contribution is -2.41. The molecule has 15 heavy (non-hydrogen) atoms. The molecule has 0 heterocycles. The zero-order chi connectivity index (χ0) is 11.7. The zero-order valence-electron chi connectivity index (χ0n) is 9.82. The van der Waals surface area contributed by atoms with Crippen molar-refractivity contribution in [2.24, 2.45) is 0 Å². The minimum Gasteiger partial charge on any atom is -0.392 e. The van der Waals surface area contributed by atoms with Crippen molar-refractivity contribution in [3.63, 3.8) is 0 Å². The van der Waals surface area contributed by atoms with E-state index in [-0.39, 0.29) is 6.03 Å². The lowest BCUT2D eigenvalue weighted by Gasteiger charge is -2.19. The molecule has 0 saturated carbocycles. The van der Waals surface area contributed by atoms with Crippen molar-refractivity contribution in [1.29, 1.82) is 0 Å². The van der Waals surface area contributed by atoms with Crippen molar-refractivity contribution in [3.05, 3.63) is 0 Å². The molecule has 2 N–H and O–H groups in total. The molecule has 0 saturated heterocycles. The summed E-state index contributed by atoms with van der Waals surface area (Å²) in [5.41, 5.74) is 0. The zero-order valence-corrected chi connectivity index (χ0v) is 9.82. The van der Waals surface area contributed by atoms with Crippen LogP contribution in [-0.2, 0) is 4.74 Å². The first kappa shape index (κ1) is 14.2. The van der Waals surface area contributed by atoms with Crippen LogP contribution in [-0.4, -0.2) is 55.5 Å². The summed E-state index contributed by atoms with van der Waals surface area (Å²) >= 11 is 0. The van der Waals surface area contributed by atoms with Crippen LogP contribution in [0, 0.1) is 0 Å². The molecule has 1 atom stereocenters. The smallest absolute Gasteiger partial charge is 0.317 e. The number of nitrogens with zero attached hydrogens (tertiary/aromatic N) is 1. The quantitative estimate of drug-likeness (QED) is 0.609. The van der Waals surface area contributed by atoms with Gasteiger partial charge in [0.25, 0.3) is 0 Å².